The number of nitrogens with one attached hydrogen (secondary N) is 3. The molecule has 1 heterocycles. The Morgan fingerprint density at radius 1 is 0.742 bits per heavy atom. The lowest BCUT2D eigenvalue weighted by Crippen LogP contribution is -2.25. The Bertz CT molecular complexity index is 2610. The second-order valence-corrected chi connectivity index (χ2v) is 13.9. The van der Waals surface area contributed by atoms with Crippen LogP contribution in [0.1, 0.15) is 79.4 Å². The number of ketones is 3. The highest BCUT2D eigenvalue weighted by atomic mass is 16.5. The number of aromatic nitrogens is 1. The van der Waals surface area contributed by atoms with Gasteiger partial charge in [0.15, 0.2) is 40.3 Å². The number of carbonyl (C=O) groups excluding carboxylic acids is 6. The topological polar surface area (TPSA) is 254 Å². The first-order valence-corrected chi connectivity index (χ1v) is 18.8. The molecule has 1 aromatic heterocycles. The van der Waals surface area contributed by atoms with Gasteiger partial charge < -0.3 is 40.7 Å². The van der Waals surface area contributed by atoms with Crippen LogP contribution < -0.4 is 25.4 Å². The molecule has 0 aliphatic rings. The summed E-state index contributed by atoms with van der Waals surface area (Å²) in [7, 11) is 2.46. The van der Waals surface area contributed by atoms with Gasteiger partial charge in [-0.25, -0.2) is 0 Å². The van der Waals surface area contributed by atoms with Crippen LogP contribution in [0.3, 0.4) is 0 Å². The average molecular weight is 840 g/mol. The number of amides is 3. The van der Waals surface area contributed by atoms with Crippen molar-refractivity contribution in [1.82, 2.24) is 4.98 Å². The minimum atomic E-state index is -1.03. The van der Waals surface area contributed by atoms with Crippen molar-refractivity contribution >= 4 is 58.2 Å². The molecule has 5 aromatic rings. The maximum Gasteiger partial charge on any atom is 0.259 e. The van der Waals surface area contributed by atoms with Gasteiger partial charge in [0.25, 0.3) is 11.8 Å². The largest absolute Gasteiger partial charge is 0.508 e. The van der Waals surface area contributed by atoms with Gasteiger partial charge in [0.1, 0.15) is 11.4 Å². The first-order valence-electron chi connectivity index (χ1n) is 18.8. The number of Topliss-reactive ketones (excluding diaryl/α,β-unsaturated/α-hetero) is 3. The monoisotopic (exact) mass is 839 g/mol. The summed E-state index contributed by atoms with van der Waals surface area (Å²) in [5, 5.41) is 48.1. The number of pyridine rings is 1. The SMILES string of the molecule is COc1c(NC(=O)c2ccc(NC(=O)c3ccc(NC(=O)[C@H](CC#N)CC(=O)c4ccc(CC(=O)/C(C)=C/c5ccc(O)cc5)cn4)cc3)c(OC)c2O)ccc(C(C)=O)c1O. The molecule has 0 aliphatic carbocycles. The molecule has 316 valence electrons. The summed E-state index contributed by atoms with van der Waals surface area (Å²) >= 11 is 0. The molecule has 4 aromatic carbocycles. The summed E-state index contributed by atoms with van der Waals surface area (Å²) in [6.07, 6.45) is 2.57. The summed E-state index contributed by atoms with van der Waals surface area (Å²) in [6, 6.07) is 22.3. The van der Waals surface area contributed by atoms with E-state index in [2.05, 4.69) is 20.9 Å². The second kappa shape index (κ2) is 20.1. The van der Waals surface area contributed by atoms with Gasteiger partial charge in [0.05, 0.1) is 48.7 Å². The zero-order valence-electron chi connectivity index (χ0n) is 33.9. The van der Waals surface area contributed by atoms with Gasteiger partial charge in [-0.2, -0.15) is 5.26 Å². The van der Waals surface area contributed by atoms with Gasteiger partial charge in [0, 0.05) is 36.7 Å². The van der Waals surface area contributed by atoms with Gasteiger partial charge >= 0.3 is 0 Å². The molecule has 1 atom stereocenters. The zero-order valence-corrected chi connectivity index (χ0v) is 33.9. The number of hydrogen-bond donors (Lipinski definition) is 6. The molecule has 0 radical (unpaired) electrons. The highest BCUT2D eigenvalue weighted by Crippen LogP contribution is 2.40. The zero-order chi connectivity index (χ0) is 45.1. The van der Waals surface area contributed by atoms with Crippen LogP contribution in [0.25, 0.3) is 6.08 Å². The summed E-state index contributed by atoms with van der Waals surface area (Å²) in [5.41, 5.74) is 2.05. The third-order valence-corrected chi connectivity index (χ3v) is 9.54. The van der Waals surface area contributed by atoms with E-state index >= 15 is 0 Å². The van der Waals surface area contributed by atoms with Crippen LogP contribution in [-0.4, -0.2) is 69.6 Å². The summed E-state index contributed by atoms with van der Waals surface area (Å²) in [5.74, 6) is -5.53. The molecular weight excluding hydrogens is 799 g/mol. The van der Waals surface area contributed by atoms with E-state index in [0.717, 1.165) is 5.56 Å². The van der Waals surface area contributed by atoms with Gasteiger partial charge in [-0.15, -0.1) is 0 Å². The van der Waals surface area contributed by atoms with Crippen molar-refractivity contribution in [3.05, 3.63) is 130 Å². The highest BCUT2D eigenvalue weighted by Gasteiger charge is 2.25. The van der Waals surface area contributed by atoms with Crippen molar-refractivity contribution in [2.75, 3.05) is 30.2 Å². The fraction of sp³-hybridized carbons (Fsp3) is 0.174. The molecule has 0 aliphatic heterocycles. The number of methoxy groups -OCH3 is 2. The van der Waals surface area contributed by atoms with Crippen LogP contribution >= 0.6 is 0 Å². The molecule has 0 spiro atoms. The quantitative estimate of drug-likeness (QED) is 0.0413. The van der Waals surface area contributed by atoms with Crippen molar-refractivity contribution in [2.24, 2.45) is 5.92 Å². The molecule has 5 rings (SSSR count). The van der Waals surface area contributed by atoms with Gasteiger partial charge in [-0.3, -0.25) is 33.8 Å². The number of benzene rings is 4. The number of phenols is 3. The van der Waals surface area contributed by atoms with Crippen molar-refractivity contribution in [2.45, 2.75) is 33.1 Å². The fourth-order valence-corrected chi connectivity index (χ4v) is 6.17. The van der Waals surface area contributed by atoms with Crippen LogP contribution in [0.4, 0.5) is 17.1 Å². The third-order valence-electron chi connectivity index (χ3n) is 9.54. The number of hydrogen-bond acceptors (Lipinski definition) is 13. The summed E-state index contributed by atoms with van der Waals surface area (Å²) in [6.45, 7) is 2.94. The highest BCUT2D eigenvalue weighted by molar-refractivity contribution is 6.10. The Balaban J connectivity index is 1.18. The molecule has 0 saturated carbocycles. The van der Waals surface area contributed by atoms with Crippen molar-refractivity contribution in [3.63, 3.8) is 0 Å². The Morgan fingerprint density at radius 3 is 1.90 bits per heavy atom. The van der Waals surface area contributed by atoms with Crippen LogP contribution in [0, 0.1) is 17.2 Å². The molecular formula is C46H41N5O11. The van der Waals surface area contributed by atoms with Crippen molar-refractivity contribution in [3.8, 4) is 34.8 Å². The lowest BCUT2D eigenvalue weighted by atomic mass is 9.96. The van der Waals surface area contributed by atoms with E-state index in [1.165, 1.54) is 94.1 Å². The fourth-order valence-electron chi connectivity index (χ4n) is 6.17. The van der Waals surface area contributed by atoms with Crippen LogP contribution in [0.5, 0.6) is 28.7 Å². The van der Waals surface area contributed by atoms with Crippen LogP contribution in [0.2, 0.25) is 0 Å². The number of nitriles is 1. The minimum absolute atomic E-state index is 0.0146. The average Bonchev–Trinajstić information content (AvgIpc) is 3.24. The molecule has 62 heavy (non-hydrogen) atoms. The van der Waals surface area contributed by atoms with E-state index in [1.807, 2.05) is 6.07 Å². The van der Waals surface area contributed by atoms with Gasteiger partial charge in [-0.1, -0.05) is 18.2 Å². The van der Waals surface area contributed by atoms with E-state index in [1.54, 1.807) is 31.2 Å². The molecule has 0 fully saturated rings. The first-order chi connectivity index (χ1) is 29.6. The lowest BCUT2D eigenvalue weighted by molar-refractivity contribution is -0.119. The number of carbonyl (C=O) groups is 6. The normalized spacial score (nSPS) is 11.4. The molecule has 16 nitrogen and oxygen atoms in total. The minimum Gasteiger partial charge on any atom is -0.508 e. The van der Waals surface area contributed by atoms with Crippen LogP contribution in [-0.2, 0) is 16.0 Å². The number of phenolic OH excluding ortho intramolecular Hbond substituents is 3. The maximum absolute atomic E-state index is 13.2. The number of rotatable bonds is 17. The standard InChI is InChI=1S/C46H41N5O11/c1-25(21-27-5-12-32(53)13-6-27)38(54)22-28-7-16-35(48-24-28)39(55)23-30(19-20-47)45(59)49-31-10-8-29(9-11-31)44(58)50-36-18-15-34(41(57)43(36)62-4)46(60)51-37-17-14-33(26(2)52)40(56)42(37)61-3/h5-18,21,24,30,53,56-57H,19,22-23H2,1-4H3,(H,49,59)(H,50,58)(H,51,60)/b25-21+/t30-/m1/s1. The number of nitrogens with zero attached hydrogens (tertiary/aromatic N) is 2. The van der Waals surface area contributed by atoms with E-state index < -0.39 is 46.7 Å². The van der Waals surface area contributed by atoms with Gasteiger partial charge in [-0.05, 0) is 103 Å². The van der Waals surface area contributed by atoms with E-state index in [-0.39, 0.29) is 81.7 Å². The number of anilines is 3. The Morgan fingerprint density at radius 2 is 1.34 bits per heavy atom. The van der Waals surface area contributed by atoms with Crippen molar-refractivity contribution in [1.29, 1.82) is 5.26 Å². The molecule has 0 bridgehead atoms. The molecule has 0 saturated heterocycles. The van der Waals surface area contributed by atoms with E-state index in [4.69, 9.17) is 9.47 Å². The number of allylic oxidation sites excluding steroid dienone is 1. The Hall–Kier alpha value is -8.32. The van der Waals surface area contributed by atoms with Gasteiger partial charge in [0.2, 0.25) is 5.91 Å². The number of ether oxygens (including phenoxy) is 2. The number of aromatic hydroxyl groups is 3. The van der Waals surface area contributed by atoms with Crippen LogP contribution in [0.15, 0.2) is 96.7 Å². The van der Waals surface area contributed by atoms with E-state index in [0.29, 0.717) is 11.1 Å². The molecule has 0 unspecified atom stereocenters. The lowest BCUT2D eigenvalue weighted by Gasteiger charge is -2.16. The predicted molar refractivity (Wildman–Crippen MR) is 228 cm³/mol. The summed E-state index contributed by atoms with van der Waals surface area (Å²) in [4.78, 5) is 81.5. The first kappa shape index (κ1) is 44.8. The Labute approximate surface area is 355 Å². The smallest absolute Gasteiger partial charge is 0.259 e. The second-order valence-electron chi connectivity index (χ2n) is 13.9. The summed E-state index contributed by atoms with van der Waals surface area (Å²) < 4.78 is 10.5. The Kier molecular flexibility index (Phi) is 14.5. The third kappa shape index (κ3) is 10.8. The van der Waals surface area contributed by atoms with Crippen molar-refractivity contribution < 1.29 is 53.6 Å². The molecule has 6 N–H and O–H groups in total. The maximum atomic E-state index is 13.2. The molecule has 3 amide bonds. The van der Waals surface area contributed by atoms with E-state index in [9.17, 15) is 49.3 Å². The molecule has 16 heteroatoms. The predicted octanol–water partition coefficient (Wildman–Crippen LogP) is 6.88.